The van der Waals surface area contributed by atoms with Crippen LogP contribution in [0.1, 0.15) is 5.56 Å². The minimum Gasteiger partial charge on any atom is -0.236 e. The van der Waals surface area contributed by atoms with Gasteiger partial charge in [-0.3, -0.25) is 0 Å². The van der Waals surface area contributed by atoms with Gasteiger partial charge >= 0.3 is 0 Å². The molecule has 3 rings (SSSR count). The average Bonchev–Trinajstić information content (AvgIpc) is 2.77. The van der Waals surface area contributed by atoms with Gasteiger partial charge in [0.15, 0.2) is 5.65 Å². The molecular formula is C13H10BrN3. The van der Waals surface area contributed by atoms with Gasteiger partial charge in [-0.2, -0.15) is 5.10 Å². The van der Waals surface area contributed by atoms with Crippen molar-refractivity contribution >= 4 is 21.6 Å². The van der Waals surface area contributed by atoms with E-state index in [1.165, 1.54) is 5.56 Å². The number of hydrogen-bond donors (Lipinski definition) is 0. The molecule has 2 heterocycles. The minimum absolute atomic E-state index is 0.874. The number of aromatic nitrogens is 3. The first kappa shape index (κ1) is 10.5. The highest BCUT2D eigenvalue weighted by Crippen LogP contribution is 2.32. The van der Waals surface area contributed by atoms with E-state index in [1.807, 2.05) is 24.5 Å². The summed E-state index contributed by atoms with van der Waals surface area (Å²) in [6.45, 7) is 2.08. The first-order valence-electron chi connectivity index (χ1n) is 5.31. The van der Waals surface area contributed by atoms with Crippen LogP contribution in [-0.2, 0) is 0 Å². The molecule has 0 spiro atoms. The monoisotopic (exact) mass is 287 g/mol. The van der Waals surface area contributed by atoms with Crippen LogP contribution in [0.2, 0.25) is 0 Å². The molecule has 1 aromatic carbocycles. The lowest BCUT2D eigenvalue weighted by atomic mass is 10.1. The lowest BCUT2D eigenvalue weighted by molar-refractivity contribution is 0.939. The number of rotatable bonds is 1. The number of halogens is 1. The van der Waals surface area contributed by atoms with Gasteiger partial charge < -0.3 is 0 Å². The van der Waals surface area contributed by atoms with Gasteiger partial charge in [0.2, 0.25) is 0 Å². The van der Waals surface area contributed by atoms with E-state index in [0.29, 0.717) is 0 Å². The molecule has 0 aliphatic heterocycles. The lowest BCUT2D eigenvalue weighted by Gasteiger charge is -2.04. The van der Waals surface area contributed by atoms with Crippen LogP contribution in [0, 0.1) is 6.92 Å². The summed E-state index contributed by atoms with van der Waals surface area (Å²) in [6.07, 6.45) is 5.53. The Morgan fingerprint density at radius 1 is 1.18 bits per heavy atom. The third-order valence-electron chi connectivity index (χ3n) is 2.76. The topological polar surface area (TPSA) is 30.2 Å². The van der Waals surface area contributed by atoms with E-state index in [4.69, 9.17) is 0 Å². The van der Waals surface area contributed by atoms with Gasteiger partial charge in [-0.25, -0.2) is 9.50 Å². The number of fused-ring (bicyclic) bond motifs is 1. The summed E-state index contributed by atoms with van der Waals surface area (Å²) in [7, 11) is 0. The van der Waals surface area contributed by atoms with Crippen molar-refractivity contribution in [1.82, 2.24) is 14.6 Å². The molecule has 0 bridgehead atoms. The van der Waals surface area contributed by atoms with E-state index in [9.17, 15) is 0 Å². The Bertz CT molecular complexity index is 688. The minimum atomic E-state index is 0.874. The third-order valence-corrected chi connectivity index (χ3v) is 3.81. The van der Waals surface area contributed by atoms with Crippen LogP contribution in [-0.4, -0.2) is 14.6 Å². The first-order valence-corrected chi connectivity index (χ1v) is 6.10. The Balaban J connectivity index is 2.31. The molecule has 0 aliphatic rings. The molecule has 3 nitrogen and oxygen atoms in total. The zero-order valence-electron chi connectivity index (χ0n) is 9.26. The molecule has 0 radical (unpaired) electrons. The van der Waals surface area contributed by atoms with Crippen LogP contribution >= 0.6 is 15.9 Å². The Morgan fingerprint density at radius 3 is 2.94 bits per heavy atom. The van der Waals surface area contributed by atoms with Crippen LogP contribution in [0.5, 0.6) is 0 Å². The molecule has 0 fully saturated rings. The van der Waals surface area contributed by atoms with Crippen molar-refractivity contribution in [2.24, 2.45) is 0 Å². The zero-order valence-corrected chi connectivity index (χ0v) is 10.8. The fraction of sp³-hybridized carbons (Fsp3) is 0.0769. The normalized spacial score (nSPS) is 10.9. The Labute approximate surface area is 107 Å². The van der Waals surface area contributed by atoms with Crippen LogP contribution in [0.15, 0.2) is 47.3 Å². The molecular weight excluding hydrogens is 278 g/mol. The number of nitrogens with zero attached hydrogens (tertiary/aromatic N) is 3. The van der Waals surface area contributed by atoms with Crippen LogP contribution in [0.4, 0.5) is 0 Å². The van der Waals surface area contributed by atoms with Crippen molar-refractivity contribution in [3.63, 3.8) is 0 Å². The van der Waals surface area contributed by atoms with Crippen molar-refractivity contribution in [1.29, 1.82) is 0 Å². The fourth-order valence-corrected chi connectivity index (χ4v) is 2.35. The van der Waals surface area contributed by atoms with E-state index in [1.54, 1.807) is 10.7 Å². The Hall–Kier alpha value is -1.68. The van der Waals surface area contributed by atoms with E-state index in [2.05, 4.69) is 45.1 Å². The maximum Gasteiger partial charge on any atom is 0.162 e. The summed E-state index contributed by atoms with van der Waals surface area (Å²) in [5, 5.41) is 4.30. The van der Waals surface area contributed by atoms with Gasteiger partial charge in [0, 0.05) is 28.0 Å². The maximum absolute atomic E-state index is 4.37. The number of aryl methyl sites for hydroxylation is 1. The van der Waals surface area contributed by atoms with E-state index in [0.717, 1.165) is 21.2 Å². The highest BCUT2D eigenvalue weighted by Gasteiger charge is 2.11. The van der Waals surface area contributed by atoms with Gasteiger partial charge in [0.1, 0.15) is 0 Å². The van der Waals surface area contributed by atoms with Crippen molar-refractivity contribution < 1.29 is 0 Å². The summed E-state index contributed by atoms with van der Waals surface area (Å²) in [5.74, 6) is 0. The molecule has 0 amide bonds. The van der Waals surface area contributed by atoms with Gasteiger partial charge in [0.05, 0.1) is 6.20 Å². The molecule has 0 saturated carbocycles. The highest BCUT2D eigenvalue weighted by molar-refractivity contribution is 9.10. The molecule has 3 aromatic rings. The fourth-order valence-electron chi connectivity index (χ4n) is 1.87. The number of hydrogen-bond acceptors (Lipinski definition) is 2. The largest absolute Gasteiger partial charge is 0.236 e. The zero-order chi connectivity index (χ0) is 11.8. The molecule has 4 heteroatoms. The van der Waals surface area contributed by atoms with E-state index >= 15 is 0 Å². The van der Waals surface area contributed by atoms with E-state index in [-0.39, 0.29) is 0 Å². The molecule has 17 heavy (non-hydrogen) atoms. The standard InChI is InChI=1S/C13H10BrN3/c1-9-4-2-5-10(12(9)14)11-8-16-17-7-3-6-15-13(11)17/h2-8H,1H3. The van der Waals surface area contributed by atoms with Crippen molar-refractivity contribution in [2.45, 2.75) is 6.92 Å². The second-order valence-electron chi connectivity index (χ2n) is 3.88. The summed E-state index contributed by atoms with van der Waals surface area (Å²) in [5.41, 5.74) is 4.25. The number of benzene rings is 1. The molecule has 0 saturated heterocycles. The van der Waals surface area contributed by atoms with Gasteiger partial charge in [-0.05, 0) is 34.5 Å². The van der Waals surface area contributed by atoms with Crippen molar-refractivity contribution in [3.8, 4) is 11.1 Å². The predicted molar refractivity (Wildman–Crippen MR) is 70.9 cm³/mol. The van der Waals surface area contributed by atoms with Crippen LogP contribution in [0.25, 0.3) is 16.8 Å². The smallest absolute Gasteiger partial charge is 0.162 e. The van der Waals surface area contributed by atoms with Crippen molar-refractivity contribution in [2.75, 3.05) is 0 Å². The van der Waals surface area contributed by atoms with Gasteiger partial charge in [-0.1, -0.05) is 18.2 Å². The SMILES string of the molecule is Cc1cccc(-c2cnn3cccnc23)c1Br. The Morgan fingerprint density at radius 2 is 2.06 bits per heavy atom. The summed E-state index contributed by atoms with van der Waals surface area (Å²) < 4.78 is 2.88. The second kappa shape index (κ2) is 3.96. The van der Waals surface area contributed by atoms with Gasteiger partial charge in [0.25, 0.3) is 0 Å². The molecule has 2 aromatic heterocycles. The molecule has 0 atom stereocenters. The quantitative estimate of drug-likeness (QED) is 0.686. The molecule has 0 N–H and O–H groups in total. The summed E-state index contributed by atoms with van der Waals surface area (Å²) in [4.78, 5) is 4.37. The average molecular weight is 288 g/mol. The van der Waals surface area contributed by atoms with E-state index < -0.39 is 0 Å². The Kier molecular flexibility index (Phi) is 2.44. The molecule has 84 valence electrons. The predicted octanol–water partition coefficient (Wildman–Crippen LogP) is 3.47. The first-order chi connectivity index (χ1) is 8.27. The van der Waals surface area contributed by atoms with Crippen LogP contribution < -0.4 is 0 Å². The summed E-state index contributed by atoms with van der Waals surface area (Å²) in [6, 6.07) is 8.06. The maximum atomic E-state index is 4.37. The second-order valence-corrected chi connectivity index (χ2v) is 4.68. The third kappa shape index (κ3) is 1.65. The summed E-state index contributed by atoms with van der Waals surface area (Å²) >= 11 is 3.62. The molecule has 0 aliphatic carbocycles. The highest BCUT2D eigenvalue weighted by atomic mass is 79.9. The lowest BCUT2D eigenvalue weighted by Crippen LogP contribution is -1.88. The van der Waals surface area contributed by atoms with Crippen molar-refractivity contribution in [3.05, 3.63) is 52.9 Å². The van der Waals surface area contributed by atoms with Gasteiger partial charge in [-0.15, -0.1) is 0 Å². The van der Waals surface area contributed by atoms with Crippen LogP contribution in [0.3, 0.4) is 0 Å². The molecule has 0 unspecified atom stereocenters.